The number of hydrogen-bond acceptors (Lipinski definition) is 3. The van der Waals surface area contributed by atoms with Gasteiger partial charge in [0.05, 0.1) is 10.6 Å². The van der Waals surface area contributed by atoms with Crippen molar-refractivity contribution in [3.8, 4) is 10.6 Å². The molecule has 15 heavy (non-hydrogen) atoms. The Hall–Kier alpha value is -0.740. The van der Waals surface area contributed by atoms with Crippen molar-refractivity contribution < 1.29 is 0 Å². The fourth-order valence-electron chi connectivity index (χ4n) is 1.87. The molecule has 0 saturated carbocycles. The predicted octanol–water partition coefficient (Wildman–Crippen LogP) is 3.71. The van der Waals surface area contributed by atoms with Crippen LogP contribution in [0.15, 0.2) is 24.4 Å². The molecule has 3 rings (SSSR count). The van der Waals surface area contributed by atoms with E-state index in [2.05, 4.69) is 34.1 Å². The van der Waals surface area contributed by atoms with Crippen LogP contribution in [0.1, 0.15) is 23.0 Å². The molecule has 78 valence electrons. The van der Waals surface area contributed by atoms with Gasteiger partial charge in [0.2, 0.25) is 0 Å². The van der Waals surface area contributed by atoms with Gasteiger partial charge < -0.3 is 0 Å². The normalized spacial score (nSPS) is 20.9. The van der Waals surface area contributed by atoms with Crippen molar-refractivity contribution in [2.75, 3.05) is 5.75 Å². The fourth-order valence-corrected chi connectivity index (χ4v) is 4.41. The van der Waals surface area contributed by atoms with Gasteiger partial charge in [0.1, 0.15) is 0 Å². The van der Waals surface area contributed by atoms with Gasteiger partial charge in [-0.1, -0.05) is 0 Å². The van der Waals surface area contributed by atoms with Crippen LogP contribution in [0.3, 0.4) is 0 Å². The van der Waals surface area contributed by atoms with Crippen molar-refractivity contribution in [3.63, 3.8) is 0 Å². The van der Waals surface area contributed by atoms with Crippen molar-refractivity contribution in [1.29, 1.82) is 0 Å². The Kier molecular flexibility index (Phi) is 2.54. The summed E-state index contributed by atoms with van der Waals surface area (Å²) in [6, 6.07) is 6.49. The number of aromatic nitrogens is 2. The maximum Gasteiger partial charge on any atom is 0.0749 e. The van der Waals surface area contributed by atoms with E-state index in [0.717, 1.165) is 10.9 Å². The van der Waals surface area contributed by atoms with E-state index in [0.29, 0.717) is 0 Å². The molecule has 2 aromatic heterocycles. The summed E-state index contributed by atoms with van der Waals surface area (Å²) in [5.74, 6) is 1.32. The van der Waals surface area contributed by atoms with Crippen molar-refractivity contribution in [1.82, 2.24) is 10.2 Å². The Morgan fingerprint density at radius 1 is 1.33 bits per heavy atom. The van der Waals surface area contributed by atoms with E-state index in [1.807, 2.05) is 17.4 Å². The number of thioether (sulfide) groups is 1. The van der Waals surface area contributed by atoms with Crippen LogP contribution in [0.5, 0.6) is 0 Å². The second-order valence-corrected chi connectivity index (χ2v) is 6.10. The Morgan fingerprint density at radius 2 is 2.33 bits per heavy atom. The molecule has 1 atom stereocenters. The zero-order valence-electron chi connectivity index (χ0n) is 8.27. The standard InChI is InChI=1S/C11H12N2S2/c1-2-10(14-7-1)11-4-3-9(15-11)8-5-6-12-13-8/h3-6,10H,1-2,7H2,(H,12,13). The molecule has 3 heterocycles. The number of thiophene rings is 1. The highest BCUT2D eigenvalue weighted by molar-refractivity contribution is 7.99. The van der Waals surface area contributed by atoms with Gasteiger partial charge in [-0.05, 0) is 36.8 Å². The summed E-state index contributed by atoms with van der Waals surface area (Å²) in [6.07, 6.45) is 4.51. The molecule has 0 bridgehead atoms. The monoisotopic (exact) mass is 236 g/mol. The van der Waals surface area contributed by atoms with Crippen molar-refractivity contribution in [3.05, 3.63) is 29.3 Å². The first-order chi connectivity index (χ1) is 7.43. The van der Waals surface area contributed by atoms with Gasteiger partial charge in [0.15, 0.2) is 0 Å². The molecule has 0 spiro atoms. The Labute approximate surface area is 97.1 Å². The summed E-state index contributed by atoms with van der Waals surface area (Å²) in [6.45, 7) is 0. The van der Waals surface area contributed by atoms with E-state index in [-0.39, 0.29) is 0 Å². The SMILES string of the molecule is c1cc(-c2ccc(C3CCCS3)s2)[nH]n1. The minimum Gasteiger partial charge on any atom is -0.277 e. The lowest BCUT2D eigenvalue weighted by Gasteiger charge is -2.03. The molecule has 1 unspecified atom stereocenters. The summed E-state index contributed by atoms with van der Waals surface area (Å²) >= 11 is 3.99. The highest BCUT2D eigenvalue weighted by atomic mass is 32.2. The molecule has 0 aromatic carbocycles. The minimum absolute atomic E-state index is 0.742. The third kappa shape index (κ3) is 1.84. The van der Waals surface area contributed by atoms with Gasteiger partial charge in [0, 0.05) is 16.3 Å². The molecule has 0 radical (unpaired) electrons. The maximum absolute atomic E-state index is 3.98. The molecule has 1 saturated heterocycles. The summed E-state index contributed by atoms with van der Waals surface area (Å²) in [4.78, 5) is 2.82. The first kappa shape index (κ1) is 9.48. The minimum atomic E-state index is 0.742. The highest BCUT2D eigenvalue weighted by Crippen LogP contribution is 2.43. The second-order valence-electron chi connectivity index (χ2n) is 3.67. The van der Waals surface area contributed by atoms with Crippen molar-refractivity contribution in [2.24, 2.45) is 0 Å². The average Bonchev–Trinajstić information content (AvgIpc) is 3.02. The van der Waals surface area contributed by atoms with Crippen LogP contribution in [0.2, 0.25) is 0 Å². The van der Waals surface area contributed by atoms with Crippen LogP contribution < -0.4 is 0 Å². The summed E-state index contributed by atoms with van der Waals surface area (Å²) < 4.78 is 0. The third-order valence-electron chi connectivity index (χ3n) is 2.64. The molecule has 4 heteroatoms. The van der Waals surface area contributed by atoms with E-state index in [9.17, 15) is 0 Å². The first-order valence-electron chi connectivity index (χ1n) is 5.14. The van der Waals surface area contributed by atoms with Gasteiger partial charge >= 0.3 is 0 Å². The fraction of sp³-hybridized carbons (Fsp3) is 0.364. The molecule has 1 N–H and O–H groups in total. The van der Waals surface area contributed by atoms with Crippen molar-refractivity contribution >= 4 is 23.1 Å². The summed E-state index contributed by atoms with van der Waals surface area (Å²) in [7, 11) is 0. The molecular weight excluding hydrogens is 224 g/mol. The quantitative estimate of drug-likeness (QED) is 0.861. The van der Waals surface area contributed by atoms with Gasteiger partial charge in [-0.15, -0.1) is 11.3 Å². The summed E-state index contributed by atoms with van der Waals surface area (Å²) in [5, 5.41) is 7.74. The Bertz CT molecular complexity index is 427. The van der Waals surface area contributed by atoms with Crippen LogP contribution in [0.4, 0.5) is 0 Å². The topological polar surface area (TPSA) is 28.7 Å². The van der Waals surface area contributed by atoms with E-state index in [1.54, 1.807) is 6.20 Å². The zero-order valence-corrected chi connectivity index (χ0v) is 9.90. The van der Waals surface area contributed by atoms with Gasteiger partial charge in [-0.2, -0.15) is 16.9 Å². The number of H-pyrrole nitrogens is 1. The van der Waals surface area contributed by atoms with Gasteiger partial charge in [0.25, 0.3) is 0 Å². The lowest BCUT2D eigenvalue weighted by Crippen LogP contribution is -1.80. The maximum atomic E-state index is 3.98. The lowest BCUT2D eigenvalue weighted by atomic mass is 10.2. The molecule has 1 aliphatic heterocycles. The van der Waals surface area contributed by atoms with E-state index >= 15 is 0 Å². The average molecular weight is 236 g/mol. The molecule has 2 aromatic rings. The largest absolute Gasteiger partial charge is 0.277 e. The predicted molar refractivity (Wildman–Crippen MR) is 66.3 cm³/mol. The van der Waals surface area contributed by atoms with Crippen LogP contribution in [-0.2, 0) is 0 Å². The zero-order chi connectivity index (χ0) is 10.1. The Morgan fingerprint density at radius 3 is 3.07 bits per heavy atom. The van der Waals surface area contributed by atoms with E-state index in [1.165, 1.54) is 28.3 Å². The smallest absolute Gasteiger partial charge is 0.0749 e. The molecule has 1 fully saturated rings. The van der Waals surface area contributed by atoms with Gasteiger partial charge in [-0.25, -0.2) is 0 Å². The molecular formula is C11H12N2S2. The number of nitrogens with one attached hydrogen (secondary N) is 1. The van der Waals surface area contributed by atoms with Crippen molar-refractivity contribution in [2.45, 2.75) is 18.1 Å². The van der Waals surface area contributed by atoms with Crippen LogP contribution >= 0.6 is 23.1 Å². The van der Waals surface area contributed by atoms with Crippen LogP contribution in [0.25, 0.3) is 10.6 Å². The molecule has 0 amide bonds. The Balaban J connectivity index is 1.87. The molecule has 0 aliphatic carbocycles. The van der Waals surface area contributed by atoms with E-state index < -0.39 is 0 Å². The third-order valence-corrected chi connectivity index (χ3v) is 5.44. The first-order valence-corrected chi connectivity index (χ1v) is 7.01. The molecule has 2 nitrogen and oxygen atoms in total. The van der Waals surface area contributed by atoms with Gasteiger partial charge in [-0.3, -0.25) is 5.10 Å². The number of aromatic amines is 1. The van der Waals surface area contributed by atoms with E-state index in [4.69, 9.17) is 0 Å². The molecule has 1 aliphatic rings. The number of hydrogen-bond donors (Lipinski definition) is 1. The number of nitrogens with zero attached hydrogens (tertiary/aromatic N) is 1. The lowest BCUT2D eigenvalue weighted by molar-refractivity contribution is 0.840. The second kappa shape index (κ2) is 4.02. The number of rotatable bonds is 2. The summed E-state index contributed by atoms with van der Waals surface area (Å²) in [5.41, 5.74) is 1.13. The highest BCUT2D eigenvalue weighted by Gasteiger charge is 2.19. The van der Waals surface area contributed by atoms with Crippen LogP contribution in [-0.4, -0.2) is 16.0 Å². The van der Waals surface area contributed by atoms with Crippen LogP contribution in [0, 0.1) is 0 Å².